The van der Waals surface area contributed by atoms with E-state index >= 15 is 0 Å². The highest BCUT2D eigenvalue weighted by molar-refractivity contribution is 5.06. The van der Waals surface area contributed by atoms with Gasteiger partial charge in [-0.15, -0.1) is 0 Å². The second kappa shape index (κ2) is 7.59. The average Bonchev–Trinajstić information content (AvgIpc) is 3.28. The zero-order chi connectivity index (χ0) is 16.2. The van der Waals surface area contributed by atoms with Crippen molar-refractivity contribution >= 4 is 0 Å². The van der Waals surface area contributed by atoms with Crippen LogP contribution in [0.25, 0.3) is 0 Å². The lowest BCUT2D eigenvalue weighted by Gasteiger charge is -2.50. The first-order valence-corrected chi connectivity index (χ1v) is 9.77. The number of hydrogen-bond donors (Lipinski definition) is 0. The normalized spacial score (nSPS) is 32.1. The van der Waals surface area contributed by atoms with E-state index in [9.17, 15) is 0 Å². The summed E-state index contributed by atoms with van der Waals surface area (Å²) in [5, 5.41) is 0. The van der Waals surface area contributed by atoms with Crippen LogP contribution in [0.3, 0.4) is 0 Å². The summed E-state index contributed by atoms with van der Waals surface area (Å²) in [6.45, 7) is 5.93. The number of nitrogens with zero attached hydrogens (tertiary/aromatic N) is 1. The zero-order valence-electron chi connectivity index (χ0n) is 14.8. The van der Waals surface area contributed by atoms with E-state index < -0.39 is 0 Å². The van der Waals surface area contributed by atoms with Gasteiger partial charge in [-0.1, -0.05) is 12.8 Å². The van der Waals surface area contributed by atoms with E-state index in [1.807, 2.05) is 6.26 Å². The van der Waals surface area contributed by atoms with Crippen molar-refractivity contribution in [1.29, 1.82) is 0 Å². The van der Waals surface area contributed by atoms with Gasteiger partial charge >= 0.3 is 0 Å². The Morgan fingerprint density at radius 2 is 2.12 bits per heavy atom. The molecular formula is C20H31NO3. The van der Waals surface area contributed by atoms with Crippen LogP contribution in [0.2, 0.25) is 0 Å². The summed E-state index contributed by atoms with van der Waals surface area (Å²) >= 11 is 0. The molecule has 4 rings (SSSR count). The van der Waals surface area contributed by atoms with E-state index in [4.69, 9.17) is 13.9 Å². The Morgan fingerprint density at radius 1 is 1.21 bits per heavy atom. The highest BCUT2D eigenvalue weighted by Gasteiger charge is 2.46. The first-order valence-electron chi connectivity index (χ1n) is 9.77. The molecule has 0 amide bonds. The van der Waals surface area contributed by atoms with E-state index in [0.717, 1.165) is 51.8 Å². The van der Waals surface area contributed by atoms with Crippen LogP contribution in [0, 0.1) is 11.3 Å². The summed E-state index contributed by atoms with van der Waals surface area (Å²) < 4.78 is 17.7. The van der Waals surface area contributed by atoms with Crippen molar-refractivity contribution in [1.82, 2.24) is 4.90 Å². The van der Waals surface area contributed by atoms with Gasteiger partial charge in [-0.25, -0.2) is 0 Å². The number of hydrogen-bond acceptors (Lipinski definition) is 4. The van der Waals surface area contributed by atoms with E-state index in [1.54, 1.807) is 6.26 Å². The van der Waals surface area contributed by atoms with Crippen molar-refractivity contribution in [3.63, 3.8) is 0 Å². The fourth-order valence-electron chi connectivity index (χ4n) is 4.97. The van der Waals surface area contributed by atoms with Gasteiger partial charge in [-0.3, -0.25) is 4.90 Å². The third-order valence-corrected chi connectivity index (χ3v) is 6.27. The third kappa shape index (κ3) is 3.71. The molecule has 2 saturated heterocycles. The maximum atomic E-state index is 6.28. The van der Waals surface area contributed by atoms with Crippen molar-refractivity contribution in [3.8, 4) is 0 Å². The first kappa shape index (κ1) is 16.6. The Hall–Kier alpha value is -0.840. The van der Waals surface area contributed by atoms with Crippen molar-refractivity contribution in [3.05, 3.63) is 24.2 Å². The average molecular weight is 333 g/mol. The van der Waals surface area contributed by atoms with Crippen LogP contribution in [0.15, 0.2) is 23.0 Å². The minimum Gasteiger partial charge on any atom is -0.472 e. The Balaban J connectivity index is 1.37. The van der Waals surface area contributed by atoms with Gasteiger partial charge in [0.2, 0.25) is 0 Å². The van der Waals surface area contributed by atoms with Crippen LogP contribution < -0.4 is 0 Å². The molecule has 3 heterocycles. The molecular weight excluding hydrogens is 302 g/mol. The van der Waals surface area contributed by atoms with Gasteiger partial charge in [0.15, 0.2) is 0 Å². The molecule has 1 aliphatic carbocycles. The summed E-state index contributed by atoms with van der Waals surface area (Å²) in [4.78, 5) is 2.56. The number of ether oxygens (including phenoxy) is 2. The van der Waals surface area contributed by atoms with Crippen molar-refractivity contribution in [2.24, 2.45) is 11.3 Å². The molecule has 3 aliphatic rings. The van der Waals surface area contributed by atoms with Crippen LogP contribution in [0.4, 0.5) is 0 Å². The highest BCUT2D eigenvalue weighted by Crippen LogP contribution is 2.41. The second-order valence-electron chi connectivity index (χ2n) is 8.12. The highest BCUT2D eigenvalue weighted by atomic mass is 16.5. The molecule has 1 saturated carbocycles. The molecule has 1 aromatic rings. The Labute approximate surface area is 145 Å². The van der Waals surface area contributed by atoms with Crippen LogP contribution in [0.5, 0.6) is 0 Å². The maximum Gasteiger partial charge on any atom is 0.0947 e. The van der Waals surface area contributed by atoms with E-state index in [1.165, 1.54) is 44.1 Å². The smallest absolute Gasteiger partial charge is 0.0947 e. The lowest BCUT2D eigenvalue weighted by Crippen LogP contribution is -2.56. The maximum absolute atomic E-state index is 6.28. The van der Waals surface area contributed by atoms with Crippen LogP contribution in [0.1, 0.15) is 50.5 Å². The lowest BCUT2D eigenvalue weighted by molar-refractivity contribution is -0.155. The molecule has 0 radical (unpaired) electrons. The van der Waals surface area contributed by atoms with Crippen LogP contribution in [-0.2, 0) is 16.0 Å². The first-order chi connectivity index (χ1) is 11.8. The molecule has 2 atom stereocenters. The molecule has 4 nitrogen and oxygen atoms in total. The summed E-state index contributed by atoms with van der Waals surface area (Å²) in [7, 11) is 0. The summed E-state index contributed by atoms with van der Waals surface area (Å²) in [6, 6.07) is 2.08. The van der Waals surface area contributed by atoms with E-state index in [2.05, 4.69) is 11.0 Å². The molecule has 24 heavy (non-hydrogen) atoms. The number of fused-ring (bicyclic) bond motifs is 1. The van der Waals surface area contributed by atoms with Gasteiger partial charge in [0, 0.05) is 43.8 Å². The summed E-state index contributed by atoms with van der Waals surface area (Å²) in [5.74, 6) is 0.801. The topological polar surface area (TPSA) is 34.8 Å². The predicted octanol–water partition coefficient (Wildman–Crippen LogP) is 3.86. The van der Waals surface area contributed by atoms with Crippen molar-refractivity contribution < 1.29 is 13.9 Å². The summed E-state index contributed by atoms with van der Waals surface area (Å²) in [6.07, 6.45) is 13.1. The van der Waals surface area contributed by atoms with Gasteiger partial charge in [0.05, 0.1) is 25.2 Å². The molecule has 0 N–H and O–H groups in total. The molecule has 134 valence electrons. The minimum atomic E-state index is 0.193. The van der Waals surface area contributed by atoms with Crippen molar-refractivity contribution in [2.75, 3.05) is 32.9 Å². The van der Waals surface area contributed by atoms with E-state index in [-0.39, 0.29) is 5.41 Å². The summed E-state index contributed by atoms with van der Waals surface area (Å²) in [5.41, 5.74) is 1.46. The van der Waals surface area contributed by atoms with Gasteiger partial charge in [0.1, 0.15) is 0 Å². The molecule has 0 bridgehead atoms. The van der Waals surface area contributed by atoms with E-state index in [0.29, 0.717) is 6.10 Å². The third-order valence-electron chi connectivity index (χ3n) is 6.27. The monoisotopic (exact) mass is 333 g/mol. The molecule has 3 fully saturated rings. The second-order valence-corrected chi connectivity index (χ2v) is 8.12. The molecule has 2 aliphatic heterocycles. The fourth-order valence-corrected chi connectivity index (χ4v) is 4.97. The molecule has 0 unspecified atom stereocenters. The van der Waals surface area contributed by atoms with Crippen molar-refractivity contribution in [2.45, 2.75) is 57.6 Å². The standard InChI is InChI=1S/C20H31NO3/c1-2-5-17(4-1)13-23-16-20-8-3-10-24-19(20)6-9-21(15-20)12-18-7-11-22-14-18/h7,11,14,17,19H,1-6,8-10,12-13,15-16H2/t19-,20-/m1/s1. The van der Waals surface area contributed by atoms with Crippen LogP contribution >= 0.6 is 0 Å². The molecule has 0 aromatic carbocycles. The number of furan rings is 1. The number of likely N-dealkylation sites (tertiary alicyclic amines) is 1. The predicted molar refractivity (Wildman–Crippen MR) is 92.8 cm³/mol. The van der Waals surface area contributed by atoms with Gasteiger partial charge in [-0.05, 0) is 44.1 Å². The number of piperidine rings is 1. The van der Waals surface area contributed by atoms with Crippen LogP contribution in [-0.4, -0.2) is 43.9 Å². The SMILES string of the molecule is c1cc(CN2CC[C@H]3OCCC[C@]3(COCC3CCCC3)C2)co1. The van der Waals surface area contributed by atoms with Gasteiger partial charge < -0.3 is 13.9 Å². The quantitative estimate of drug-likeness (QED) is 0.792. The van der Waals surface area contributed by atoms with Gasteiger partial charge in [0.25, 0.3) is 0 Å². The molecule has 4 heteroatoms. The Morgan fingerprint density at radius 3 is 2.96 bits per heavy atom. The lowest BCUT2D eigenvalue weighted by atomic mass is 9.73. The Bertz CT molecular complexity index is 497. The number of rotatable bonds is 6. The molecule has 0 spiro atoms. The zero-order valence-corrected chi connectivity index (χ0v) is 14.8. The largest absolute Gasteiger partial charge is 0.472 e. The minimum absolute atomic E-state index is 0.193. The van der Waals surface area contributed by atoms with Gasteiger partial charge in [-0.2, -0.15) is 0 Å². The fraction of sp³-hybridized carbons (Fsp3) is 0.800. The Kier molecular flexibility index (Phi) is 5.25. The molecule has 1 aromatic heterocycles.